The molecule has 0 N–H and O–H groups in total. The predicted molar refractivity (Wildman–Crippen MR) is 92.2 cm³/mol. The Balaban J connectivity index is 2.14. The minimum absolute atomic E-state index is 0.231. The molecule has 0 atom stereocenters. The van der Waals surface area contributed by atoms with E-state index in [2.05, 4.69) is 5.10 Å². The molecule has 0 aliphatic heterocycles. The zero-order valence-electron chi connectivity index (χ0n) is 14.1. The van der Waals surface area contributed by atoms with E-state index >= 15 is 0 Å². The second-order valence-corrected chi connectivity index (χ2v) is 4.92. The van der Waals surface area contributed by atoms with Crippen LogP contribution in [-0.4, -0.2) is 45.5 Å². The number of carbonyl (C=O) groups excluding carboxylic acids is 1. The van der Waals surface area contributed by atoms with Gasteiger partial charge in [-0.15, -0.1) is 0 Å². The van der Waals surface area contributed by atoms with Crippen LogP contribution in [0.2, 0.25) is 0 Å². The fraction of sp³-hybridized carbons (Fsp3) is 0.222. The highest BCUT2D eigenvalue weighted by Crippen LogP contribution is 2.26. The lowest BCUT2D eigenvalue weighted by Gasteiger charge is -2.12. The van der Waals surface area contributed by atoms with Crippen LogP contribution in [0.3, 0.4) is 0 Å². The topological polar surface area (TPSA) is 60.4 Å². The molecular formula is C18H20N2O4. The molecule has 126 valence electrons. The highest BCUT2D eigenvalue weighted by Gasteiger charge is 2.11. The Labute approximate surface area is 141 Å². The molecule has 0 saturated carbocycles. The maximum absolute atomic E-state index is 12.4. The van der Waals surface area contributed by atoms with Crippen molar-refractivity contribution in [3.8, 4) is 17.2 Å². The van der Waals surface area contributed by atoms with Crippen molar-refractivity contribution in [2.75, 3.05) is 28.4 Å². The van der Waals surface area contributed by atoms with Crippen LogP contribution in [-0.2, 0) is 0 Å². The number of hydrogen-bond acceptors (Lipinski definition) is 5. The quantitative estimate of drug-likeness (QED) is 0.604. The van der Waals surface area contributed by atoms with Crippen molar-refractivity contribution in [2.45, 2.75) is 0 Å². The molecule has 0 bridgehead atoms. The van der Waals surface area contributed by atoms with E-state index in [0.717, 1.165) is 5.56 Å². The summed E-state index contributed by atoms with van der Waals surface area (Å²) in [6, 6.07) is 12.3. The first kappa shape index (κ1) is 17.3. The van der Waals surface area contributed by atoms with Crippen LogP contribution in [0, 0.1) is 0 Å². The summed E-state index contributed by atoms with van der Waals surface area (Å²) in [5.41, 5.74) is 1.29. The zero-order chi connectivity index (χ0) is 17.5. The summed E-state index contributed by atoms with van der Waals surface area (Å²) in [4.78, 5) is 12.4. The molecule has 0 saturated heterocycles. The van der Waals surface area contributed by atoms with Gasteiger partial charge >= 0.3 is 0 Å². The van der Waals surface area contributed by atoms with Gasteiger partial charge in [0.05, 0.1) is 27.5 Å². The number of benzene rings is 2. The van der Waals surface area contributed by atoms with Crippen molar-refractivity contribution in [1.82, 2.24) is 5.01 Å². The number of hydrazone groups is 1. The van der Waals surface area contributed by atoms with Crippen molar-refractivity contribution in [2.24, 2.45) is 5.10 Å². The van der Waals surface area contributed by atoms with Crippen molar-refractivity contribution in [1.29, 1.82) is 0 Å². The first-order valence-electron chi connectivity index (χ1n) is 7.27. The van der Waals surface area contributed by atoms with E-state index in [4.69, 9.17) is 14.2 Å². The van der Waals surface area contributed by atoms with Gasteiger partial charge in [0.15, 0.2) is 11.5 Å². The maximum atomic E-state index is 12.4. The molecule has 0 heterocycles. The highest BCUT2D eigenvalue weighted by molar-refractivity contribution is 5.95. The molecule has 0 spiro atoms. The minimum Gasteiger partial charge on any atom is -0.497 e. The summed E-state index contributed by atoms with van der Waals surface area (Å²) in [5.74, 6) is 1.63. The highest BCUT2D eigenvalue weighted by atomic mass is 16.5. The van der Waals surface area contributed by atoms with Gasteiger partial charge in [-0.2, -0.15) is 5.10 Å². The molecular weight excluding hydrogens is 308 g/mol. The Morgan fingerprint density at radius 1 is 1.00 bits per heavy atom. The third-order valence-electron chi connectivity index (χ3n) is 3.40. The van der Waals surface area contributed by atoms with Crippen molar-refractivity contribution >= 4 is 12.1 Å². The summed E-state index contributed by atoms with van der Waals surface area (Å²) < 4.78 is 15.6. The first-order chi connectivity index (χ1) is 11.6. The van der Waals surface area contributed by atoms with E-state index in [0.29, 0.717) is 22.8 Å². The summed E-state index contributed by atoms with van der Waals surface area (Å²) in [6.07, 6.45) is 1.58. The summed E-state index contributed by atoms with van der Waals surface area (Å²) in [7, 11) is 6.30. The molecule has 0 aliphatic carbocycles. The van der Waals surface area contributed by atoms with Crippen molar-refractivity contribution < 1.29 is 19.0 Å². The van der Waals surface area contributed by atoms with Gasteiger partial charge in [0.2, 0.25) is 0 Å². The Morgan fingerprint density at radius 2 is 1.75 bits per heavy atom. The van der Waals surface area contributed by atoms with Gasteiger partial charge in [0.1, 0.15) is 5.75 Å². The fourth-order valence-electron chi connectivity index (χ4n) is 2.08. The molecule has 1 amide bonds. The number of hydrogen-bond donors (Lipinski definition) is 0. The van der Waals surface area contributed by atoms with Crippen LogP contribution in [0.5, 0.6) is 17.2 Å². The van der Waals surface area contributed by atoms with Crippen LogP contribution in [0.15, 0.2) is 47.6 Å². The third kappa shape index (κ3) is 4.04. The summed E-state index contributed by atoms with van der Waals surface area (Å²) >= 11 is 0. The van der Waals surface area contributed by atoms with Gasteiger partial charge in [-0.25, -0.2) is 5.01 Å². The molecule has 0 unspecified atom stereocenters. The molecule has 0 radical (unpaired) electrons. The normalized spacial score (nSPS) is 10.5. The van der Waals surface area contributed by atoms with E-state index in [1.165, 1.54) is 5.01 Å². The number of rotatable bonds is 6. The SMILES string of the molecule is COc1cccc(C(=O)N(C)/N=C/c2ccc(OC)c(OC)c2)c1. The number of methoxy groups -OCH3 is 3. The molecule has 2 aromatic rings. The van der Waals surface area contributed by atoms with Crippen LogP contribution >= 0.6 is 0 Å². The third-order valence-corrected chi connectivity index (χ3v) is 3.40. The lowest BCUT2D eigenvalue weighted by Crippen LogP contribution is -2.21. The Kier molecular flexibility index (Phi) is 5.78. The van der Waals surface area contributed by atoms with Gasteiger partial charge < -0.3 is 14.2 Å². The number of nitrogens with zero attached hydrogens (tertiary/aromatic N) is 2. The first-order valence-corrected chi connectivity index (χ1v) is 7.27. The smallest absolute Gasteiger partial charge is 0.273 e. The predicted octanol–water partition coefficient (Wildman–Crippen LogP) is 2.82. The van der Waals surface area contributed by atoms with Crippen molar-refractivity contribution in [3.63, 3.8) is 0 Å². The number of amides is 1. The van der Waals surface area contributed by atoms with Crippen LogP contribution in [0.1, 0.15) is 15.9 Å². The van der Waals surface area contributed by atoms with Crippen LogP contribution in [0.25, 0.3) is 0 Å². The van der Waals surface area contributed by atoms with E-state index in [1.807, 2.05) is 6.07 Å². The lowest BCUT2D eigenvalue weighted by atomic mass is 10.2. The number of carbonyl (C=O) groups is 1. The second kappa shape index (κ2) is 8.01. The average Bonchev–Trinajstić information content (AvgIpc) is 2.65. The maximum Gasteiger partial charge on any atom is 0.273 e. The molecule has 6 nitrogen and oxygen atoms in total. The molecule has 2 rings (SSSR count). The lowest BCUT2D eigenvalue weighted by molar-refractivity contribution is 0.0800. The molecule has 0 fully saturated rings. The molecule has 2 aromatic carbocycles. The van der Waals surface area contributed by atoms with Crippen molar-refractivity contribution in [3.05, 3.63) is 53.6 Å². The standard InChI is InChI=1S/C18H20N2O4/c1-20(18(21)14-6-5-7-15(11-14)22-2)19-12-13-8-9-16(23-3)17(10-13)24-4/h5-12H,1-4H3/b19-12+. The summed E-state index contributed by atoms with van der Waals surface area (Å²) in [5, 5.41) is 5.45. The van der Waals surface area contributed by atoms with Crippen LogP contribution in [0.4, 0.5) is 0 Å². The average molecular weight is 328 g/mol. The monoisotopic (exact) mass is 328 g/mol. The largest absolute Gasteiger partial charge is 0.497 e. The second-order valence-electron chi connectivity index (χ2n) is 4.92. The van der Waals surface area contributed by atoms with Crippen LogP contribution < -0.4 is 14.2 Å². The molecule has 0 aliphatic rings. The minimum atomic E-state index is -0.231. The van der Waals surface area contributed by atoms with E-state index in [1.54, 1.807) is 71.0 Å². The molecule has 6 heteroatoms. The Hall–Kier alpha value is -3.02. The summed E-state index contributed by atoms with van der Waals surface area (Å²) in [6.45, 7) is 0. The number of ether oxygens (including phenoxy) is 3. The Morgan fingerprint density at radius 3 is 2.42 bits per heavy atom. The van der Waals surface area contributed by atoms with E-state index < -0.39 is 0 Å². The van der Waals surface area contributed by atoms with E-state index in [9.17, 15) is 4.79 Å². The zero-order valence-corrected chi connectivity index (χ0v) is 14.1. The van der Waals surface area contributed by atoms with Gasteiger partial charge in [-0.3, -0.25) is 4.79 Å². The molecule has 24 heavy (non-hydrogen) atoms. The fourth-order valence-corrected chi connectivity index (χ4v) is 2.08. The molecule has 0 aromatic heterocycles. The van der Waals surface area contributed by atoms with Gasteiger partial charge in [-0.1, -0.05) is 6.07 Å². The van der Waals surface area contributed by atoms with Gasteiger partial charge in [-0.05, 0) is 42.0 Å². The van der Waals surface area contributed by atoms with E-state index in [-0.39, 0.29) is 5.91 Å². The van der Waals surface area contributed by atoms with Gasteiger partial charge in [0.25, 0.3) is 5.91 Å². The van der Waals surface area contributed by atoms with Gasteiger partial charge in [0, 0.05) is 12.6 Å². The Bertz CT molecular complexity index is 744.